The molecule has 0 bridgehead atoms. The fourth-order valence-electron chi connectivity index (χ4n) is 2.93. The van der Waals surface area contributed by atoms with Gasteiger partial charge in [-0.25, -0.2) is 17.2 Å². The van der Waals surface area contributed by atoms with Crippen LogP contribution in [0, 0.1) is 25.5 Å². The molecule has 0 radical (unpaired) electrons. The lowest BCUT2D eigenvalue weighted by Gasteiger charge is -2.22. The van der Waals surface area contributed by atoms with Crippen molar-refractivity contribution in [1.82, 2.24) is 5.32 Å². The Hall–Kier alpha value is -2.68. The van der Waals surface area contributed by atoms with Gasteiger partial charge in [-0.3, -0.25) is 9.10 Å². The van der Waals surface area contributed by atoms with Crippen LogP contribution >= 0.6 is 0 Å². The van der Waals surface area contributed by atoms with E-state index in [-0.39, 0.29) is 31.0 Å². The molecule has 1 amide bonds. The Balaban J connectivity index is 1.80. The van der Waals surface area contributed by atoms with Crippen LogP contribution in [0.3, 0.4) is 0 Å². The number of anilines is 1. The van der Waals surface area contributed by atoms with Gasteiger partial charge < -0.3 is 10.1 Å². The van der Waals surface area contributed by atoms with Gasteiger partial charge in [0, 0.05) is 19.0 Å². The molecule has 1 N–H and O–H groups in total. The number of hydrogen-bond donors (Lipinski definition) is 1. The fourth-order valence-corrected chi connectivity index (χ4v) is 3.90. The molecule has 0 fully saturated rings. The standard InChI is InChI=1S/C21H26F2N2O4S/c1-15-6-9-20(16(2)13-15)29-12-10-24-21(26)5-4-11-25(30(3,27)28)19-8-7-17(22)14-18(19)23/h6-9,13-14H,4-5,10-12H2,1-3H3,(H,24,26). The SMILES string of the molecule is Cc1ccc(OCCNC(=O)CCCN(c2ccc(F)cc2F)S(C)(=O)=O)c(C)c1. The summed E-state index contributed by atoms with van der Waals surface area (Å²) in [5.41, 5.74) is 1.90. The summed E-state index contributed by atoms with van der Waals surface area (Å²) in [5.74, 6) is -1.30. The number of hydrogen-bond acceptors (Lipinski definition) is 4. The van der Waals surface area contributed by atoms with Crippen molar-refractivity contribution >= 4 is 21.6 Å². The summed E-state index contributed by atoms with van der Waals surface area (Å²) in [6.07, 6.45) is 1.16. The first-order chi connectivity index (χ1) is 14.1. The average Bonchev–Trinajstić information content (AvgIpc) is 2.64. The van der Waals surface area contributed by atoms with E-state index < -0.39 is 21.7 Å². The molecule has 30 heavy (non-hydrogen) atoms. The molecule has 0 saturated heterocycles. The predicted octanol–water partition coefficient (Wildman–Crippen LogP) is 3.32. The van der Waals surface area contributed by atoms with E-state index in [4.69, 9.17) is 4.74 Å². The third-order valence-corrected chi connectivity index (χ3v) is 5.54. The maximum absolute atomic E-state index is 14.0. The van der Waals surface area contributed by atoms with Crippen LogP contribution in [0.1, 0.15) is 24.0 Å². The van der Waals surface area contributed by atoms with Gasteiger partial charge in [0.15, 0.2) is 0 Å². The number of rotatable bonds is 10. The molecule has 164 valence electrons. The van der Waals surface area contributed by atoms with Gasteiger partial charge in [-0.2, -0.15) is 0 Å². The Morgan fingerprint density at radius 1 is 1.13 bits per heavy atom. The number of ether oxygens (including phenoxy) is 1. The summed E-state index contributed by atoms with van der Waals surface area (Å²) in [6, 6.07) is 8.50. The number of benzene rings is 2. The first kappa shape index (κ1) is 23.6. The zero-order chi connectivity index (χ0) is 22.3. The summed E-state index contributed by atoms with van der Waals surface area (Å²) < 4.78 is 57.5. The molecule has 0 aromatic heterocycles. The topological polar surface area (TPSA) is 75.7 Å². The first-order valence-electron chi connectivity index (χ1n) is 9.47. The van der Waals surface area contributed by atoms with Crippen molar-refractivity contribution in [3.8, 4) is 5.75 Å². The minimum atomic E-state index is -3.79. The Kier molecular flexibility index (Phi) is 8.16. The van der Waals surface area contributed by atoms with E-state index in [1.807, 2.05) is 32.0 Å². The van der Waals surface area contributed by atoms with Crippen molar-refractivity contribution < 1.29 is 26.7 Å². The molecule has 9 heteroatoms. The number of carbonyl (C=O) groups excluding carboxylic acids is 1. The van der Waals surface area contributed by atoms with Crippen LogP contribution in [0.2, 0.25) is 0 Å². The summed E-state index contributed by atoms with van der Waals surface area (Å²) in [6.45, 7) is 4.43. The molecule has 0 spiro atoms. The van der Waals surface area contributed by atoms with E-state index in [0.29, 0.717) is 19.2 Å². The van der Waals surface area contributed by atoms with Crippen molar-refractivity contribution in [2.24, 2.45) is 0 Å². The van der Waals surface area contributed by atoms with E-state index in [2.05, 4.69) is 5.32 Å². The monoisotopic (exact) mass is 440 g/mol. The van der Waals surface area contributed by atoms with E-state index in [1.54, 1.807) is 0 Å². The van der Waals surface area contributed by atoms with Crippen LogP contribution in [0.5, 0.6) is 5.75 Å². The maximum Gasteiger partial charge on any atom is 0.232 e. The van der Waals surface area contributed by atoms with Crippen LogP contribution in [-0.4, -0.2) is 40.3 Å². The van der Waals surface area contributed by atoms with Gasteiger partial charge in [-0.1, -0.05) is 17.7 Å². The van der Waals surface area contributed by atoms with Gasteiger partial charge in [0.25, 0.3) is 0 Å². The van der Waals surface area contributed by atoms with Crippen molar-refractivity contribution in [2.75, 3.05) is 30.3 Å². The average molecular weight is 441 g/mol. The molecular weight excluding hydrogens is 414 g/mol. The number of carbonyl (C=O) groups is 1. The van der Waals surface area contributed by atoms with Crippen molar-refractivity contribution in [3.05, 3.63) is 59.2 Å². The quantitative estimate of drug-likeness (QED) is 0.575. The van der Waals surface area contributed by atoms with E-state index in [1.165, 1.54) is 0 Å². The minimum absolute atomic E-state index is 0.0540. The third-order valence-electron chi connectivity index (χ3n) is 4.36. The minimum Gasteiger partial charge on any atom is -0.491 e. The van der Waals surface area contributed by atoms with Crippen LogP contribution in [0.15, 0.2) is 36.4 Å². The zero-order valence-corrected chi connectivity index (χ0v) is 18.1. The van der Waals surface area contributed by atoms with Crippen molar-refractivity contribution in [1.29, 1.82) is 0 Å². The van der Waals surface area contributed by atoms with Crippen LogP contribution < -0.4 is 14.4 Å². The molecule has 0 unspecified atom stereocenters. The molecule has 0 aliphatic rings. The van der Waals surface area contributed by atoms with Gasteiger partial charge in [-0.05, 0) is 44.0 Å². The Morgan fingerprint density at radius 2 is 1.87 bits per heavy atom. The van der Waals surface area contributed by atoms with Crippen molar-refractivity contribution in [2.45, 2.75) is 26.7 Å². The van der Waals surface area contributed by atoms with Gasteiger partial charge in [0.1, 0.15) is 24.0 Å². The number of sulfonamides is 1. The summed E-state index contributed by atoms with van der Waals surface area (Å²) in [7, 11) is -3.79. The predicted molar refractivity (Wildman–Crippen MR) is 112 cm³/mol. The smallest absolute Gasteiger partial charge is 0.232 e. The van der Waals surface area contributed by atoms with Gasteiger partial charge >= 0.3 is 0 Å². The molecule has 0 saturated carbocycles. The fraction of sp³-hybridized carbons (Fsp3) is 0.381. The lowest BCUT2D eigenvalue weighted by molar-refractivity contribution is -0.121. The Morgan fingerprint density at radius 3 is 2.50 bits per heavy atom. The second kappa shape index (κ2) is 10.4. The largest absolute Gasteiger partial charge is 0.491 e. The number of halogens is 2. The Bertz CT molecular complexity index is 996. The molecule has 6 nitrogen and oxygen atoms in total. The van der Waals surface area contributed by atoms with Crippen molar-refractivity contribution in [3.63, 3.8) is 0 Å². The van der Waals surface area contributed by atoms with Gasteiger partial charge in [0.2, 0.25) is 15.9 Å². The molecule has 0 aliphatic carbocycles. The van der Waals surface area contributed by atoms with Crippen LogP contribution in [0.4, 0.5) is 14.5 Å². The van der Waals surface area contributed by atoms with Crippen LogP contribution in [-0.2, 0) is 14.8 Å². The van der Waals surface area contributed by atoms with Crippen LogP contribution in [0.25, 0.3) is 0 Å². The van der Waals surface area contributed by atoms with E-state index in [9.17, 15) is 22.0 Å². The number of amides is 1. The summed E-state index contributed by atoms with van der Waals surface area (Å²) in [4.78, 5) is 12.0. The van der Waals surface area contributed by atoms with E-state index >= 15 is 0 Å². The summed E-state index contributed by atoms with van der Waals surface area (Å²) >= 11 is 0. The molecule has 2 rings (SSSR count). The maximum atomic E-state index is 14.0. The number of aryl methyl sites for hydroxylation is 2. The van der Waals surface area contributed by atoms with Gasteiger partial charge in [-0.15, -0.1) is 0 Å². The highest BCUT2D eigenvalue weighted by atomic mass is 32.2. The highest BCUT2D eigenvalue weighted by Gasteiger charge is 2.21. The molecular formula is C21H26F2N2O4S. The molecule has 2 aromatic rings. The molecule has 0 atom stereocenters. The lowest BCUT2D eigenvalue weighted by atomic mass is 10.1. The third kappa shape index (κ3) is 6.98. The highest BCUT2D eigenvalue weighted by Crippen LogP contribution is 2.23. The number of nitrogens with one attached hydrogen (secondary N) is 1. The zero-order valence-electron chi connectivity index (χ0n) is 17.2. The molecule has 0 aliphatic heterocycles. The lowest BCUT2D eigenvalue weighted by Crippen LogP contribution is -2.33. The normalized spacial score (nSPS) is 11.2. The second-order valence-corrected chi connectivity index (χ2v) is 8.91. The number of nitrogens with zero attached hydrogens (tertiary/aromatic N) is 1. The molecule has 0 heterocycles. The summed E-state index contributed by atoms with van der Waals surface area (Å²) in [5, 5.41) is 2.70. The molecule has 2 aromatic carbocycles. The first-order valence-corrected chi connectivity index (χ1v) is 11.3. The highest BCUT2D eigenvalue weighted by molar-refractivity contribution is 7.92. The Labute approximate surface area is 175 Å². The second-order valence-electron chi connectivity index (χ2n) is 7.00. The van der Waals surface area contributed by atoms with E-state index in [0.717, 1.165) is 39.6 Å². The van der Waals surface area contributed by atoms with Gasteiger partial charge in [0.05, 0.1) is 18.5 Å².